The van der Waals surface area contributed by atoms with Gasteiger partial charge >= 0.3 is 0 Å². The maximum atomic E-state index is 12.6. The molecule has 5 rings (SSSR count). The number of carbonyl (C=O) groups excluding carboxylic acids is 2. The first-order chi connectivity index (χ1) is 14.2. The molecule has 1 saturated carbocycles. The maximum Gasteiger partial charge on any atom is 0.264 e. The highest BCUT2D eigenvalue weighted by atomic mass is 32.1. The molecule has 3 heterocycles. The van der Waals surface area contributed by atoms with Crippen molar-refractivity contribution in [3.63, 3.8) is 0 Å². The van der Waals surface area contributed by atoms with Crippen molar-refractivity contribution < 1.29 is 14.0 Å². The Bertz CT molecular complexity index is 1030. The molecule has 0 atom stereocenters. The molecule has 1 aliphatic carbocycles. The van der Waals surface area contributed by atoms with Gasteiger partial charge in [-0.2, -0.15) is 0 Å². The van der Waals surface area contributed by atoms with Crippen LogP contribution in [-0.2, 0) is 17.8 Å². The number of hydrogen-bond donors (Lipinski definition) is 1. The number of amides is 2. The third-order valence-corrected chi connectivity index (χ3v) is 6.66. The molecule has 2 amide bonds. The molecule has 6 heteroatoms. The van der Waals surface area contributed by atoms with Crippen molar-refractivity contribution in [2.75, 3.05) is 11.9 Å². The quantitative estimate of drug-likeness (QED) is 0.667. The largest absolute Gasteiger partial charge is 0.461 e. The fourth-order valence-corrected chi connectivity index (χ4v) is 4.53. The Balaban J connectivity index is 1.28. The average Bonchev–Trinajstić information content (AvgIpc) is 3.36. The number of benzene rings is 1. The van der Waals surface area contributed by atoms with Gasteiger partial charge < -0.3 is 14.6 Å². The molecule has 29 heavy (non-hydrogen) atoms. The summed E-state index contributed by atoms with van der Waals surface area (Å²) in [4.78, 5) is 27.4. The number of thiophene rings is 1. The van der Waals surface area contributed by atoms with E-state index >= 15 is 0 Å². The second-order valence-corrected chi connectivity index (χ2v) is 8.66. The fraction of sp³-hybridized carbons (Fsp3) is 0.304. The van der Waals surface area contributed by atoms with E-state index < -0.39 is 0 Å². The molecule has 0 saturated heterocycles. The lowest BCUT2D eigenvalue weighted by atomic mass is 9.85. The highest BCUT2D eigenvalue weighted by Crippen LogP contribution is 2.32. The lowest BCUT2D eigenvalue weighted by Crippen LogP contribution is -2.35. The summed E-state index contributed by atoms with van der Waals surface area (Å²) in [6, 6.07) is 13.6. The smallest absolute Gasteiger partial charge is 0.264 e. The first-order valence-corrected chi connectivity index (χ1v) is 10.9. The maximum absolute atomic E-state index is 12.6. The van der Waals surface area contributed by atoms with Gasteiger partial charge in [0.25, 0.3) is 5.91 Å². The minimum absolute atomic E-state index is 0.0833. The number of anilines is 1. The summed E-state index contributed by atoms with van der Waals surface area (Å²) >= 11 is 1.48. The standard InChI is InChI=1S/C23H22N2O3S/c26-22(16-3-1-4-16)24-18-8-6-15(7-9-18)20-13-17-14-25(11-10-19(17)28-20)23(27)21-5-2-12-29-21/h2,5-9,12-13,16H,1,3-4,10-11,14H2,(H,24,26). The first kappa shape index (κ1) is 18.2. The zero-order valence-electron chi connectivity index (χ0n) is 16.0. The Morgan fingerprint density at radius 3 is 2.66 bits per heavy atom. The van der Waals surface area contributed by atoms with E-state index in [0.29, 0.717) is 13.1 Å². The minimum Gasteiger partial charge on any atom is -0.461 e. The van der Waals surface area contributed by atoms with Crippen molar-refractivity contribution in [3.8, 4) is 11.3 Å². The van der Waals surface area contributed by atoms with Gasteiger partial charge in [-0.1, -0.05) is 12.5 Å². The van der Waals surface area contributed by atoms with Crippen LogP contribution < -0.4 is 5.32 Å². The van der Waals surface area contributed by atoms with Crippen LogP contribution in [0.1, 0.15) is 40.3 Å². The van der Waals surface area contributed by atoms with Gasteiger partial charge in [0.2, 0.25) is 5.91 Å². The van der Waals surface area contributed by atoms with E-state index in [2.05, 4.69) is 5.32 Å². The minimum atomic E-state index is 0.0833. The van der Waals surface area contributed by atoms with Crippen LogP contribution in [0.4, 0.5) is 5.69 Å². The third kappa shape index (κ3) is 3.60. The number of furan rings is 1. The SMILES string of the molecule is O=C(Nc1ccc(-c2cc3c(o2)CCN(C(=O)c2cccs2)C3)cc1)C1CCC1. The molecule has 2 aliphatic rings. The van der Waals surface area contributed by atoms with Crippen molar-refractivity contribution in [1.82, 2.24) is 4.90 Å². The van der Waals surface area contributed by atoms with Crippen LogP contribution in [0.5, 0.6) is 0 Å². The van der Waals surface area contributed by atoms with Gasteiger partial charge in [0.15, 0.2) is 0 Å². The van der Waals surface area contributed by atoms with E-state index in [1.54, 1.807) is 0 Å². The lowest BCUT2D eigenvalue weighted by molar-refractivity contribution is -0.122. The predicted octanol–water partition coefficient (Wildman–Crippen LogP) is 4.95. The molecular weight excluding hydrogens is 384 g/mol. The van der Waals surface area contributed by atoms with Crippen molar-refractivity contribution in [1.29, 1.82) is 0 Å². The van der Waals surface area contributed by atoms with Crippen LogP contribution in [0, 0.1) is 5.92 Å². The van der Waals surface area contributed by atoms with Gasteiger partial charge in [-0.25, -0.2) is 0 Å². The van der Waals surface area contributed by atoms with E-state index in [-0.39, 0.29) is 17.7 Å². The molecule has 1 N–H and O–H groups in total. The zero-order chi connectivity index (χ0) is 19.8. The van der Waals surface area contributed by atoms with Gasteiger partial charge in [-0.15, -0.1) is 11.3 Å². The van der Waals surface area contributed by atoms with Gasteiger partial charge in [-0.05, 0) is 54.6 Å². The Hall–Kier alpha value is -2.86. The van der Waals surface area contributed by atoms with E-state index in [0.717, 1.165) is 58.9 Å². The van der Waals surface area contributed by atoms with Gasteiger partial charge in [-0.3, -0.25) is 9.59 Å². The molecule has 148 valence electrons. The second kappa shape index (κ2) is 7.52. The van der Waals surface area contributed by atoms with E-state index in [9.17, 15) is 9.59 Å². The summed E-state index contributed by atoms with van der Waals surface area (Å²) < 4.78 is 6.07. The monoisotopic (exact) mass is 406 g/mol. The van der Waals surface area contributed by atoms with Crippen LogP contribution >= 0.6 is 11.3 Å². The average molecular weight is 407 g/mol. The van der Waals surface area contributed by atoms with Gasteiger partial charge in [0, 0.05) is 42.2 Å². The predicted molar refractivity (Wildman–Crippen MR) is 113 cm³/mol. The molecule has 0 unspecified atom stereocenters. The fourth-order valence-electron chi connectivity index (χ4n) is 3.84. The summed E-state index contributed by atoms with van der Waals surface area (Å²) in [5.74, 6) is 2.13. The number of nitrogens with one attached hydrogen (secondary N) is 1. The number of carbonyl (C=O) groups is 2. The highest BCUT2D eigenvalue weighted by molar-refractivity contribution is 7.12. The zero-order valence-corrected chi connectivity index (χ0v) is 16.8. The van der Waals surface area contributed by atoms with Crippen LogP contribution in [-0.4, -0.2) is 23.3 Å². The number of fused-ring (bicyclic) bond motifs is 1. The van der Waals surface area contributed by atoms with E-state index in [1.807, 2.05) is 52.7 Å². The number of hydrogen-bond acceptors (Lipinski definition) is 4. The summed E-state index contributed by atoms with van der Waals surface area (Å²) in [6.45, 7) is 1.24. The number of nitrogens with zero attached hydrogens (tertiary/aromatic N) is 1. The second-order valence-electron chi connectivity index (χ2n) is 7.71. The Morgan fingerprint density at radius 1 is 1.14 bits per heavy atom. The summed E-state index contributed by atoms with van der Waals surface area (Å²) in [5.41, 5.74) is 2.85. The van der Waals surface area contributed by atoms with Crippen molar-refractivity contribution in [3.05, 3.63) is 64.0 Å². The Morgan fingerprint density at radius 2 is 1.97 bits per heavy atom. The van der Waals surface area contributed by atoms with Crippen molar-refractivity contribution in [2.45, 2.75) is 32.2 Å². The molecule has 2 aromatic heterocycles. The summed E-state index contributed by atoms with van der Waals surface area (Å²) in [6.07, 6.45) is 3.86. The van der Waals surface area contributed by atoms with Crippen molar-refractivity contribution >= 4 is 28.8 Å². The van der Waals surface area contributed by atoms with E-state index in [1.165, 1.54) is 11.3 Å². The summed E-state index contributed by atoms with van der Waals surface area (Å²) in [7, 11) is 0. The molecule has 0 spiro atoms. The summed E-state index contributed by atoms with van der Waals surface area (Å²) in [5, 5.41) is 4.92. The Labute approximate surface area is 173 Å². The normalized spacial score (nSPS) is 16.2. The third-order valence-electron chi connectivity index (χ3n) is 5.80. The van der Waals surface area contributed by atoms with E-state index in [4.69, 9.17) is 4.42 Å². The van der Waals surface area contributed by atoms with Crippen LogP contribution in [0.15, 0.2) is 52.3 Å². The number of rotatable bonds is 4. The van der Waals surface area contributed by atoms with Gasteiger partial charge in [0.05, 0.1) is 4.88 Å². The van der Waals surface area contributed by atoms with Crippen LogP contribution in [0.2, 0.25) is 0 Å². The molecular formula is C23H22N2O3S. The van der Waals surface area contributed by atoms with Crippen LogP contribution in [0.25, 0.3) is 11.3 Å². The molecule has 1 aromatic carbocycles. The van der Waals surface area contributed by atoms with Crippen LogP contribution in [0.3, 0.4) is 0 Å². The molecule has 1 fully saturated rings. The lowest BCUT2D eigenvalue weighted by Gasteiger charge is -2.25. The molecule has 0 bridgehead atoms. The molecule has 1 aliphatic heterocycles. The molecule has 3 aromatic rings. The van der Waals surface area contributed by atoms with Crippen molar-refractivity contribution in [2.24, 2.45) is 5.92 Å². The topological polar surface area (TPSA) is 62.6 Å². The molecule has 0 radical (unpaired) electrons. The first-order valence-electron chi connectivity index (χ1n) is 10.0. The highest BCUT2D eigenvalue weighted by Gasteiger charge is 2.26. The van der Waals surface area contributed by atoms with Gasteiger partial charge in [0.1, 0.15) is 11.5 Å². The Kier molecular flexibility index (Phi) is 4.72. The molecule has 5 nitrogen and oxygen atoms in total.